The molecule has 1 aliphatic heterocycles. The fraction of sp³-hybridized carbons (Fsp3) is 0.600. The topological polar surface area (TPSA) is 36.5 Å². The van der Waals surface area contributed by atoms with Crippen molar-refractivity contribution in [1.29, 1.82) is 0 Å². The molecule has 2 N–H and O–H groups in total. The lowest BCUT2D eigenvalue weighted by Gasteiger charge is -2.27. The number of piperazine rings is 1. The number of benzene rings is 1. The van der Waals surface area contributed by atoms with E-state index in [4.69, 9.17) is 4.74 Å². The molecule has 0 spiro atoms. The summed E-state index contributed by atoms with van der Waals surface area (Å²) < 4.78 is 5.32. The van der Waals surface area contributed by atoms with Crippen molar-refractivity contribution in [3.05, 3.63) is 24.3 Å². The van der Waals surface area contributed by atoms with Gasteiger partial charge in [-0.05, 0) is 31.5 Å². The SMILES string of the molecule is COc1ccccc1NCCCCN1CCNCC1. The molecule has 4 nitrogen and oxygen atoms in total. The van der Waals surface area contributed by atoms with Gasteiger partial charge in [0.1, 0.15) is 5.75 Å². The van der Waals surface area contributed by atoms with Crippen LogP contribution in [0.1, 0.15) is 12.8 Å². The Kier molecular flexibility index (Phi) is 5.98. The first-order valence-electron chi connectivity index (χ1n) is 7.20. The largest absolute Gasteiger partial charge is 0.495 e. The fourth-order valence-corrected chi connectivity index (χ4v) is 2.41. The first-order valence-corrected chi connectivity index (χ1v) is 7.20. The summed E-state index contributed by atoms with van der Waals surface area (Å²) in [5.74, 6) is 0.921. The lowest BCUT2D eigenvalue weighted by atomic mass is 10.2. The van der Waals surface area contributed by atoms with Crippen LogP contribution in [0.2, 0.25) is 0 Å². The Morgan fingerprint density at radius 2 is 2.00 bits per heavy atom. The van der Waals surface area contributed by atoms with Crippen molar-refractivity contribution in [3.8, 4) is 5.75 Å². The molecule has 0 unspecified atom stereocenters. The molecule has 0 bridgehead atoms. The van der Waals surface area contributed by atoms with Crippen LogP contribution in [-0.4, -0.2) is 51.3 Å². The predicted octanol–water partition coefficient (Wildman–Crippen LogP) is 1.79. The molecule has 0 aromatic heterocycles. The Morgan fingerprint density at radius 3 is 2.79 bits per heavy atom. The third-order valence-electron chi connectivity index (χ3n) is 3.53. The zero-order chi connectivity index (χ0) is 13.3. The number of anilines is 1. The molecule has 0 aliphatic carbocycles. The second-order valence-corrected chi connectivity index (χ2v) is 4.93. The smallest absolute Gasteiger partial charge is 0.141 e. The van der Waals surface area contributed by atoms with E-state index >= 15 is 0 Å². The van der Waals surface area contributed by atoms with Crippen molar-refractivity contribution in [2.24, 2.45) is 0 Å². The van der Waals surface area contributed by atoms with Crippen molar-refractivity contribution in [2.75, 3.05) is 51.7 Å². The van der Waals surface area contributed by atoms with Gasteiger partial charge in [0.15, 0.2) is 0 Å². The van der Waals surface area contributed by atoms with Crippen LogP contribution in [0.3, 0.4) is 0 Å². The molecular formula is C15H25N3O. The van der Waals surface area contributed by atoms with Crippen LogP contribution in [0.5, 0.6) is 5.75 Å². The molecule has 1 aliphatic rings. The zero-order valence-corrected chi connectivity index (χ0v) is 11.8. The summed E-state index contributed by atoms with van der Waals surface area (Å²) >= 11 is 0. The summed E-state index contributed by atoms with van der Waals surface area (Å²) in [6.07, 6.45) is 2.45. The highest BCUT2D eigenvalue weighted by Crippen LogP contribution is 2.22. The number of methoxy groups -OCH3 is 1. The number of hydrogen-bond acceptors (Lipinski definition) is 4. The average Bonchev–Trinajstić information content (AvgIpc) is 2.48. The van der Waals surface area contributed by atoms with Crippen LogP contribution >= 0.6 is 0 Å². The van der Waals surface area contributed by atoms with Gasteiger partial charge in [-0.25, -0.2) is 0 Å². The maximum absolute atomic E-state index is 5.32. The summed E-state index contributed by atoms with van der Waals surface area (Å²) in [7, 11) is 1.71. The van der Waals surface area contributed by atoms with E-state index in [2.05, 4.69) is 21.6 Å². The Balaban J connectivity index is 1.61. The van der Waals surface area contributed by atoms with Crippen LogP contribution in [0, 0.1) is 0 Å². The molecule has 1 heterocycles. The van der Waals surface area contributed by atoms with Crippen LogP contribution < -0.4 is 15.4 Å². The molecule has 0 amide bonds. The van der Waals surface area contributed by atoms with Crippen molar-refractivity contribution >= 4 is 5.69 Å². The quantitative estimate of drug-likeness (QED) is 0.735. The normalized spacial score (nSPS) is 16.3. The summed E-state index contributed by atoms with van der Waals surface area (Å²) in [5.41, 5.74) is 1.09. The van der Waals surface area contributed by atoms with E-state index < -0.39 is 0 Å². The molecule has 1 aromatic rings. The minimum absolute atomic E-state index is 0.921. The highest BCUT2D eigenvalue weighted by molar-refractivity contribution is 5.55. The van der Waals surface area contributed by atoms with Gasteiger partial charge in [0, 0.05) is 32.7 Å². The first-order chi connectivity index (χ1) is 9.40. The van der Waals surface area contributed by atoms with E-state index in [1.807, 2.05) is 18.2 Å². The van der Waals surface area contributed by atoms with Gasteiger partial charge in [-0.1, -0.05) is 12.1 Å². The van der Waals surface area contributed by atoms with Crippen molar-refractivity contribution in [2.45, 2.75) is 12.8 Å². The third kappa shape index (κ3) is 4.73. The number of nitrogens with one attached hydrogen (secondary N) is 2. The van der Waals surface area contributed by atoms with Crippen molar-refractivity contribution in [1.82, 2.24) is 10.2 Å². The predicted molar refractivity (Wildman–Crippen MR) is 80.0 cm³/mol. The van der Waals surface area contributed by atoms with E-state index in [0.717, 1.165) is 31.1 Å². The van der Waals surface area contributed by atoms with E-state index in [9.17, 15) is 0 Å². The Morgan fingerprint density at radius 1 is 1.21 bits per heavy atom. The van der Waals surface area contributed by atoms with E-state index in [0.29, 0.717) is 0 Å². The monoisotopic (exact) mass is 263 g/mol. The molecular weight excluding hydrogens is 238 g/mol. The second kappa shape index (κ2) is 8.02. The Hall–Kier alpha value is -1.26. The summed E-state index contributed by atoms with van der Waals surface area (Å²) in [6.45, 7) is 6.89. The minimum Gasteiger partial charge on any atom is -0.495 e. The highest BCUT2D eigenvalue weighted by Gasteiger charge is 2.08. The van der Waals surface area contributed by atoms with Crippen LogP contribution in [0.25, 0.3) is 0 Å². The molecule has 0 atom stereocenters. The van der Waals surface area contributed by atoms with Gasteiger partial charge < -0.3 is 20.3 Å². The van der Waals surface area contributed by atoms with Gasteiger partial charge in [0.25, 0.3) is 0 Å². The Bertz CT molecular complexity index is 364. The molecule has 106 valence electrons. The van der Waals surface area contributed by atoms with E-state index in [1.165, 1.54) is 32.5 Å². The lowest BCUT2D eigenvalue weighted by molar-refractivity contribution is 0.237. The maximum atomic E-state index is 5.32. The fourth-order valence-electron chi connectivity index (χ4n) is 2.41. The molecule has 1 saturated heterocycles. The van der Waals surface area contributed by atoms with Gasteiger partial charge in [0.2, 0.25) is 0 Å². The number of rotatable bonds is 7. The minimum atomic E-state index is 0.921. The number of hydrogen-bond donors (Lipinski definition) is 2. The summed E-state index contributed by atoms with van der Waals surface area (Å²) in [6, 6.07) is 8.08. The number of nitrogens with zero attached hydrogens (tertiary/aromatic N) is 1. The number of unbranched alkanes of at least 4 members (excludes halogenated alkanes) is 1. The molecule has 1 aromatic carbocycles. The second-order valence-electron chi connectivity index (χ2n) is 4.93. The maximum Gasteiger partial charge on any atom is 0.141 e. The summed E-state index contributed by atoms with van der Waals surface area (Å²) in [5, 5.41) is 6.83. The van der Waals surface area contributed by atoms with Gasteiger partial charge in [-0.2, -0.15) is 0 Å². The number of ether oxygens (including phenoxy) is 1. The zero-order valence-electron chi connectivity index (χ0n) is 11.8. The van der Waals surface area contributed by atoms with Gasteiger partial charge in [-0.15, -0.1) is 0 Å². The molecule has 0 saturated carbocycles. The third-order valence-corrected chi connectivity index (χ3v) is 3.53. The average molecular weight is 263 g/mol. The molecule has 0 radical (unpaired) electrons. The molecule has 2 rings (SSSR count). The molecule has 19 heavy (non-hydrogen) atoms. The van der Waals surface area contributed by atoms with Crippen LogP contribution in [-0.2, 0) is 0 Å². The van der Waals surface area contributed by atoms with Gasteiger partial charge in [0.05, 0.1) is 12.8 Å². The summed E-state index contributed by atoms with van der Waals surface area (Å²) in [4.78, 5) is 2.54. The standard InChI is InChI=1S/C15H25N3O/c1-19-15-7-3-2-6-14(15)17-8-4-5-11-18-12-9-16-10-13-18/h2-3,6-7,16-17H,4-5,8-13H2,1H3. The van der Waals surface area contributed by atoms with E-state index in [1.54, 1.807) is 7.11 Å². The van der Waals surface area contributed by atoms with Crippen LogP contribution in [0.15, 0.2) is 24.3 Å². The van der Waals surface area contributed by atoms with Gasteiger partial charge in [-0.3, -0.25) is 0 Å². The van der Waals surface area contributed by atoms with E-state index in [-0.39, 0.29) is 0 Å². The molecule has 1 fully saturated rings. The van der Waals surface area contributed by atoms with Crippen molar-refractivity contribution in [3.63, 3.8) is 0 Å². The van der Waals surface area contributed by atoms with Gasteiger partial charge >= 0.3 is 0 Å². The first kappa shape index (κ1) is 14.2. The highest BCUT2D eigenvalue weighted by atomic mass is 16.5. The number of para-hydroxylation sites is 2. The Labute approximate surface area is 116 Å². The van der Waals surface area contributed by atoms with Crippen LogP contribution in [0.4, 0.5) is 5.69 Å². The van der Waals surface area contributed by atoms with Crippen molar-refractivity contribution < 1.29 is 4.74 Å². The lowest BCUT2D eigenvalue weighted by Crippen LogP contribution is -2.43. The molecule has 4 heteroatoms.